The third-order valence-electron chi connectivity index (χ3n) is 3.91. The molecular formula is C14H23N3O3. The molecule has 6 heteroatoms. The Bertz CT molecular complexity index is 547. The molecule has 1 aromatic rings. The minimum atomic E-state index is -1.05. The minimum Gasteiger partial charge on any atom is -0.481 e. The summed E-state index contributed by atoms with van der Waals surface area (Å²) >= 11 is 0. The Morgan fingerprint density at radius 1 is 1.40 bits per heavy atom. The molecule has 0 fully saturated rings. The summed E-state index contributed by atoms with van der Waals surface area (Å²) < 4.78 is 1.57. The van der Waals surface area contributed by atoms with Crippen LogP contribution in [-0.2, 0) is 11.3 Å². The average Bonchev–Trinajstić information content (AvgIpc) is 2.34. The monoisotopic (exact) mass is 281 g/mol. The number of carboxylic acids is 1. The van der Waals surface area contributed by atoms with E-state index in [1.54, 1.807) is 44.7 Å². The molecule has 0 aliphatic heterocycles. The molecule has 0 atom stereocenters. The highest BCUT2D eigenvalue weighted by Crippen LogP contribution is 2.32. The summed E-state index contributed by atoms with van der Waals surface area (Å²) in [4.78, 5) is 27.6. The van der Waals surface area contributed by atoms with Crippen LogP contribution in [0.4, 0.5) is 5.82 Å². The second-order valence-corrected chi connectivity index (χ2v) is 5.95. The number of hydrogen-bond donors (Lipinski definition) is 2. The maximum atomic E-state index is 12.2. The van der Waals surface area contributed by atoms with Crippen molar-refractivity contribution in [1.29, 1.82) is 0 Å². The van der Waals surface area contributed by atoms with Gasteiger partial charge in [-0.2, -0.15) is 0 Å². The number of hydrogen-bond acceptors (Lipinski definition) is 4. The molecule has 0 radical (unpaired) electrons. The fourth-order valence-electron chi connectivity index (χ4n) is 1.67. The summed E-state index contributed by atoms with van der Waals surface area (Å²) in [5.41, 5.74) is -2.10. The Balaban J connectivity index is 3.13. The summed E-state index contributed by atoms with van der Waals surface area (Å²) in [6.45, 7) is 9.33. The van der Waals surface area contributed by atoms with E-state index in [1.165, 1.54) is 0 Å². The molecule has 0 saturated heterocycles. The number of nitrogens with zero attached hydrogens (tertiary/aromatic N) is 2. The van der Waals surface area contributed by atoms with Gasteiger partial charge in [-0.25, -0.2) is 4.98 Å². The molecule has 112 valence electrons. The smallest absolute Gasteiger partial charge is 0.311 e. The Labute approximate surface area is 118 Å². The zero-order chi connectivity index (χ0) is 15.6. The lowest BCUT2D eigenvalue weighted by molar-refractivity contribution is -0.149. The van der Waals surface area contributed by atoms with Crippen molar-refractivity contribution < 1.29 is 9.90 Å². The molecule has 1 aromatic heterocycles. The highest BCUT2D eigenvalue weighted by Gasteiger charge is 2.44. The van der Waals surface area contributed by atoms with Gasteiger partial charge in [0.15, 0.2) is 5.82 Å². The zero-order valence-electron chi connectivity index (χ0n) is 12.7. The van der Waals surface area contributed by atoms with Gasteiger partial charge in [-0.1, -0.05) is 6.92 Å². The molecule has 2 N–H and O–H groups in total. The number of carboxylic acid groups (broad SMARTS) is 1. The lowest BCUT2D eigenvalue weighted by Crippen LogP contribution is -2.51. The van der Waals surface area contributed by atoms with Gasteiger partial charge in [-0.05, 0) is 34.1 Å². The van der Waals surface area contributed by atoms with Crippen LogP contribution in [0.3, 0.4) is 0 Å². The standard InChI is InChI=1S/C14H23N3O3/c1-6-8-17-9-7-15-10(11(17)18)16-14(4,5)13(2,3)12(19)20/h7,9H,6,8H2,1-5H3,(H,15,16)(H,19,20). The minimum absolute atomic E-state index is 0.181. The number of rotatable bonds is 6. The number of aliphatic carboxylic acids is 1. The SMILES string of the molecule is CCCn1ccnc(NC(C)(C)C(C)(C)C(=O)O)c1=O. The maximum absolute atomic E-state index is 12.2. The molecule has 1 heterocycles. The molecule has 20 heavy (non-hydrogen) atoms. The van der Waals surface area contributed by atoms with E-state index >= 15 is 0 Å². The molecule has 0 amide bonds. The number of anilines is 1. The summed E-state index contributed by atoms with van der Waals surface area (Å²) in [5.74, 6) is -0.750. The highest BCUT2D eigenvalue weighted by molar-refractivity contribution is 5.76. The van der Waals surface area contributed by atoms with E-state index < -0.39 is 16.9 Å². The van der Waals surface area contributed by atoms with Gasteiger partial charge in [-0.3, -0.25) is 9.59 Å². The van der Waals surface area contributed by atoms with E-state index in [9.17, 15) is 14.7 Å². The normalized spacial score (nSPS) is 12.2. The van der Waals surface area contributed by atoms with Gasteiger partial charge in [0, 0.05) is 24.5 Å². The summed E-state index contributed by atoms with van der Waals surface area (Å²) in [7, 11) is 0. The molecular weight excluding hydrogens is 258 g/mol. The largest absolute Gasteiger partial charge is 0.481 e. The quantitative estimate of drug-likeness (QED) is 0.832. The number of aromatic nitrogens is 2. The highest BCUT2D eigenvalue weighted by atomic mass is 16.4. The van der Waals surface area contributed by atoms with Crippen LogP contribution < -0.4 is 10.9 Å². The Morgan fingerprint density at radius 3 is 2.50 bits per heavy atom. The van der Waals surface area contributed by atoms with E-state index in [0.29, 0.717) is 6.54 Å². The van der Waals surface area contributed by atoms with Crippen molar-refractivity contribution in [1.82, 2.24) is 9.55 Å². The van der Waals surface area contributed by atoms with E-state index in [0.717, 1.165) is 6.42 Å². The first-order valence-corrected chi connectivity index (χ1v) is 6.70. The molecule has 0 aliphatic carbocycles. The van der Waals surface area contributed by atoms with Crippen LogP contribution in [0.15, 0.2) is 17.2 Å². The Morgan fingerprint density at radius 2 is 2.00 bits per heavy atom. The lowest BCUT2D eigenvalue weighted by atomic mass is 9.74. The summed E-state index contributed by atoms with van der Waals surface area (Å²) in [6.07, 6.45) is 4.02. The topological polar surface area (TPSA) is 84.2 Å². The van der Waals surface area contributed by atoms with Crippen LogP contribution >= 0.6 is 0 Å². The van der Waals surface area contributed by atoms with E-state index in [1.807, 2.05) is 6.92 Å². The van der Waals surface area contributed by atoms with Gasteiger partial charge in [-0.15, -0.1) is 0 Å². The average molecular weight is 281 g/mol. The molecule has 0 bridgehead atoms. The van der Waals surface area contributed by atoms with Gasteiger partial charge in [0.1, 0.15) is 0 Å². The second-order valence-electron chi connectivity index (χ2n) is 5.95. The van der Waals surface area contributed by atoms with Crippen molar-refractivity contribution in [3.8, 4) is 0 Å². The maximum Gasteiger partial charge on any atom is 0.311 e. The number of nitrogens with one attached hydrogen (secondary N) is 1. The molecule has 6 nitrogen and oxygen atoms in total. The molecule has 0 aromatic carbocycles. The first-order chi connectivity index (χ1) is 9.13. The predicted molar refractivity (Wildman–Crippen MR) is 77.9 cm³/mol. The van der Waals surface area contributed by atoms with Crippen molar-refractivity contribution >= 4 is 11.8 Å². The number of carbonyl (C=O) groups is 1. The van der Waals surface area contributed by atoms with Gasteiger partial charge >= 0.3 is 5.97 Å². The lowest BCUT2D eigenvalue weighted by Gasteiger charge is -2.39. The van der Waals surface area contributed by atoms with Gasteiger partial charge in [0.2, 0.25) is 0 Å². The molecule has 0 aliphatic rings. The molecule has 1 rings (SSSR count). The Kier molecular flexibility index (Phi) is 4.57. The fraction of sp³-hybridized carbons (Fsp3) is 0.643. The molecule has 0 saturated carbocycles. The van der Waals surface area contributed by atoms with Crippen LogP contribution in [0.25, 0.3) is 0 Å². The van der Waals surface area contributed by atoms with Gasteiger partial charge in [0.25, 0.3) is 5.56 Å². The predicted octanol–water partition coefficient (Wildman–Crippen LogP) is 1.95. The van der Waals surface area contributed by atoms with Crippen LogP contribution in [0.1, 0.15) is 41.0 Å². The molecule has 0 unspecified atom stereocenters. The van der Waals surface area contributed by atoms with Crippen molar-refractivity contribution in [2.75, 3.05) is 5.32 Å². The van der Waals surface area contributed by atoms with Crippen LogP contribution in [0.5, 0.6) is 0 Å². The van der Waals surface area contributed by atoms with Crippen LogP contribution in [0.2, 0.25) is 0 Å². The van der Waals surface area contributed by atoms with Gasteiger partial charge < -0.3 is 15.0 Å². The van der Waals surface area contributed by atoms with Crippen molar-refractivity contribution in [2.24, 2.45) is 5.41 Å². The van der Waals surface area contributed by atoms with Crippen molar-refractivity contribution in [3.05, 3.63) is 22.7 Å². The molecule has 0 spiro atoms. The zero-order valence-corrected chi connectivity index (χ0v) is 12.7. The van der Waals surface area contributed by atoms with Crippen LogP contribution in [-0.4, -0.2) is 26.2 Å². The van der Waals surface area contributed by atoms with E-state index in [4.69, 9.17) is 0 Å². The van der Waals surface area contributed by atoms with Crippen LogP contribution in [0, 0.1) is 5.41 Å². The first-order valence-electron chi connectivity index (χ1n) is 6.70. The summed E-state index contributed by atoms with van der Waals surface area (Å²) in [6, 6.07) is 0. The number of aryl methyl sites for hydroxylation is 1. The van der Waals surface area contributed by atoms with E-state index in [2.05, 4.69) is 10.3 Å². The van der Waals surface area contributed by atoms with Crippen molar-refractivity contribution in [3.63, 3.8) is 0 Å². The third-order valence-corrected chi connectivity index (χ3v) is 3.91. The van der Waals surface area contributed by atoms with Gasteiger partial charge in [0.05, 0.1) is 5.41 Å². The van der Waals surface area contributed by atoms with E-state index in [-0.39, 0.29) is 11.4 Å². The van der Waals surface area contributed by atoms with Crippen molar-refractivity contribution in [2.45, 2.75) is 53.1 Å². The second kappa shape index (κ2) is 5.64. The first kappa shape index (κ1) is 16.2. The Hall–Kier alpha value is -1.85. The fourth-order valence-corrected chi connectivity index (χ4v) is 1.67. The third kappa shape index (κ3) is 3.00. The summed E-state index contributed by atoms with van der Waals surface area (Å²) in [5, 5.41) is 12.3.